The summed E-state index contributed by atoms with van der Waals surface area (Å²) in [7, 11) is 1.88. The van der Waals surface area contributed by atoms with Crippen LogP contribution in [0.4, 0.5) is 0 Å². The number of rotatable bonds is 2. The Morgan fingerprint density at radius 1 is 1.41 bits per heavy atom. The second-order valence-electron chi connectivity index (χ2n) is 3.75. The normalized spacial score (nSPS) is 10.9. The largest absolute Gasteiger partial charge is 0.275 e. The molecule has 0 aromatic carbocycles. The highest BCUT2D eigenvalue weighted by molar-refractivity contribution is 9.10. The van der Waals surface area contributed by atoms with Crippen LogP contribution in [0.3, 0.4) is 0 Å². The van der Waals surface area contributed by atoms with Gasteiger partial charge in [-0.3, -0.25) is 4.68 Å². The molecular formula is C11H12BrClN4. The zero-order valence-corrected chi connectivity index (χ0v) is 12.2. The van der Waals surface area contributed by atoms with E-state index in [1.54, 1.807) is 4.68 Å². The van der Waals surface area contributed by atoms with Gasteiger partial charge in [-0.05, 0) is 29.3 Å². The van der Waals surface area contributed by atoms with Crippen LogP contribution in [-0.4, -0.2) is 19.7 Å². The van der Waals surface area contributed by atoms with Crippen molar-refractivity contribution in [3.63, 3.8) is 0 Å². The van der Waals surface area contributed by atoms with E-state index >= 15 is 0 Å². The van der Waals surface area contributed by atoms with Crippen LogP contribution in [0.2, 0.25) is 5.15 Å². The summed E-state index contributed by atoms with van der Waals surface area (Å²) in [5.74, 6) is 0.626. The molecule has 2 aromatic heterocycles. The molecule has 2 rings (SSSR count). The van der Waals surface area contributed by atoms with E-state index in [0.29, 0.717) is 11.0 Å². The molecule has 4 nitrogen and oxygen atoms in total. The maximum Gasteiger partial charge on any atom is 0.164 e. The smallest absolute Gasteiger partial charge is 0.164 e. The molecule has 0 radical (unpaired) electrons. The van der Waals surface area contributed by atoms with Crippen LogP contribution in [0.1, 0.15) is 18.3 Å². The molecule has 2 heterocycles. The Morgan fingerprint density at radius 2 is 2.12 bits per heavy atom. The Balaban J connectivity index is 2.60. The Morgan fingerprint density at radius 3 is 2.71 bits per heavy atom. The van der Waals surface area contributed by atoms with Gasteiger partial charge in [-0.25, -0.2) is 9.97 Å². The molecule has 0 amide bonds. The first kappa shape index (κ1) is 12.5. The van der Waals surface area contributed by atoms with Crippen molar-refractivity contribution in [3.8, 4) is 11.4 Å². The molecule has 6 heteroatoms. The van der Waals surface area contributed by atoms with E-state index < -0.39 is 0 Å². The topological polar surface area (TPSA) is 43.6 Å². The molecular weight excluding hydrogens is 304 g/mol. The van der Waals surface area contributed by atoms with Gasteiger partial charge in [-0.15, -0.1) is 0 Å². The van der Waals surface area contributed by atoms with Gasteiger partial charge in [0.1, 0.15) is 5.15 Å². The number of aryl methyl sites for hydroxylation is 3. The highest BCUT2D eigenvalue weighted by Crippen LogP contribution is 2.27. The van der Waals surface area contributed by atoms with Crippen molar-refractivity contribution in [3.05, 3.63) is 27.2 Å². The summed E-state index contributed by atoms with van der Waals surface area (Å²) in [5, 5.41) is 4.80. The zero-order valence-electron chi connectivity index (χ0n) is 9.83. The van der Waals surface area contributed by atoms with Crippen molar-refractivity contribution in [2.75, 3.05) is 0 Å². The van der Waals surface area contributed by atoms with Crippen molar-refractivity contribution in [1.82, 2.24) is 19.7 Å². The van der Waals surface area contributed by atoms with Crippen molar-refractivity contribution in [1.29, 1.82) is 0 Å². The molecule has 0 saturated heterocycles. The predicted octanol–water partition coefficient (Wildman–Crippen LogP) is 3.16. The first-order valence-corrected chi connectivity index (χ1v) is 6.42. The Kier molecular flexibility index (Phi) is 3.49. The molecule has 0 aliphatic heterocycles. The van der Waals surface area contributed by atoms with Gasteiger partial charge in [0.2, 0.25) is 0 Å². The van der Waals surface area contributed by atoms with Gasteiger partial charge in [0, 0.05) is 13.2 Å². The highest BCUT2D eigenvalue weighted by Gasteiger charge is 2.14. The van der Waals surface area contributed by atoms with Crippen molar-refractivity contribution in [2.24, 2.45) is 7.05 Å². The van der Waals surface area contributed by atoms with E-state index in [4.69, 9.17) is 11.6 Å². The molecule has 90 valence electrons. The molecule has 0 N–H and O–H groups in total. The van der Waals surface area contributed by atoms with Gasteiger partial charge in [-0.2, -0.15) is 5.10 Å². The second-order valence-corrected chi connectivity index (χ2v) is 4.91. The number of halogens is 2. The van der Waals surface area contributed by atoms with E-state index in [-0.39, 0.29) is 0 Å². The number of aromatic nitrogens is 4. The van der Waals surface area contributed by atoms with E-state index in [1.165, 1.54) is 0 Å². The number of nitrogens with zero attached hydrogens (tertiary/aromatic N) is 4. The summed E-state index contributed by atoms with van der Waals surface area (Å²) >= 11 is 9.39. The van der Waals surface area contributed by atoms with Crippen LogP contribution >= 0.6 is 27.5 Å². The molecule has 2 aromatic rings. The summed E-state index contributed by atoms with van der Waals surface area (Å²) in [5.41, 5.74) is 2.74. The Hall–Kier alpha value is -0.940. The van der Waals surface area contributed by atoms with Gasteiger partial charge in [0.25, 0.3) is 0 Å². The van der Waals surface area contributed by atoms with Gasteiger partial charge >= 0.3 is 0 Å². The van der Waals surface area contributed by atoms with E-state index in [2.05, 4.69) is 37.9 Å². The van der Waals surface area contributed by atoms with Gasteiger partial charge < -0.3 is 0 Å². The van der Waals surface area contributed by atoms with Gasteiger partial charge in [0.05, 0.1) is 21.4 Å². The minimum Gasteiger partial charge on any atom is -0.275 e. The summed E-state index contributed by atoms with van der Waals surface area (Å²) in [6.07, 6.45) is 2.75. The summed E-state index contributed by atoms with van der Waals surface area (Å²) in [4.78, 5) is 8.71. The van der Waals surface area contributed by atoms with Crippen molar-refractivity contribution in [2.45, 2.75) is 20.3 Å². The highest BCUT2D eigenvalue weighted by atomic mass is 79.9. The fourth-order valence-corrected chi connectivity index (χ4v) is 2.02. The zero-order chi connectivity index (χ0) is 12.6. The van der Waals surface area contributed by atoms with E-state index in [1.807, 2.05) is 20.2 Å². The Labute approximate surface area is 113 Å². The van der Waals surface area contributed by atoms with Crippen LogP contribution in [0.25, 0.3) is 11.4 Å². The quantitative estimate of drug-likeness (QED) is 0.800. The van der Waals surface area contributed by atoms with Crippen molar-refractivity contribution < 1.29 is 0 Å². The Bertz CT molecular complexity index is 542. The molecule has 0 aliphatic carbocycles. The third kappa shape index (κ3) is 2.35. The third-order valence-corrected chi connectivity index (χ3v) is 3.91. The molecule has 0 fully saturated rings. The van der Waals surface area contributed by atoms with Crippen LogP contribution in [0.5, 0.6) is 0 Å². The summed E-state index contributed by atoms with van der Waals surface area (Å²) in [6, 6.07) is 0. The molecule has 0 aliphatic rings. The van der Waals surface area contributed by atoms with Gasteiger partial charge in [0.15, 0.2) is 5.82 Å². The molecule has 0 saturated carbocycles. The fourth-order valence-electron chi connectivity index (χ4n) is 1.63. The molecule has 17 heavy (non-hydrogen) atoms. The SMILES string of the molecule is CCc1nn(C)cc1-c1nc(C)c(Br)c(Cl)n1. The lowest BCUT2D eigenvalue weighted by molar-refractivity contribution is 0.746. The molecule has 0 atom stereocenters. The summed E-state index contributed by atoms with van der Waals surface area (Å²) in [6.45, 7) is 3.95. The van der Waals surface area contributed by atoms with Crippen LogP contribution in [0.15, 0.2) is 10.7 Å². The van der Waals surface area contributed by atoms with Crippen molar-refractivity contribution >= 4 is 27.5 Å². The average molecular weight is 316 g/mol. The first-order valence-electron chi connectivity index (χ1n) is 5.25. The molecule has 0 bridgehead atoms. The number of hydrogen-bond acceptors (Lipinski definition) is 3. The lowest BCUT2D eigenvalue weighted by Gasteiger charge is -2.04. The summed E-state index contributed by atoms with van der Waals surface area (Å²) < 4.78 is 2.51. The van der Waals surface area contributed by atoms with Crippen LogP contribution in [-0.2, 0) is 13.5 Å². The second kappa shape index (κ2) is 4.74. The average Bonchev–Trinajstić information content (AvgIpc) is 2.66. The number of hydrogen-bond donors (Lipinski definition) is 0. The first-order chi connectivity index (χ1) is 8.02. The monoisotopic (exact) mass is 314 g/mol. The lowest BCUT2D eigenvalue weighted by atomic mass is 10.2. The van der Waals surface area contributed by atoms with Crippen LogP contribution in [0, 0.1) is 6.92 Å². The maximum atomic E-state index is 6.05. The minimum atomic E-state index is 0.429. The molecule has 0 unspecified atom stereocenters. The molecule has 0 spiro atoms. The third-order valence-electron chi connectivity index (χ3n) is 2.46. The maximum absolute atomic E-state index is 6.05. The van der Waals surface area contributed by atoms with Gasteiger partial charge in [-0.1, -0.05) is 18.5 Å². The minimum absolute atomic E-state index is 0.429. The van der Waals surface area contributed by atoms with Crippen LogP contribution < -0.4 is 0 Å². The van der Waals surface area contributed by atoms with E-state index in [0.717, 1.165) is 27.8 Å². The standard InChI is InChI=1S/C11H12BrClN4/c1-4-8-7(5-17(3)16-8)11-14-6(2)9(12)10(13)15-11/h5H,4H2,1-3H3. The van der Waals surface area contributed by atoms with E-state index in [9.17, 15) is 0 Å². The fraction of sp³-hybridized carbons (Fsp3) is 0.364. The lowest BCUT2D eigenvalue weighted by Crippen LogP contribution is -1.96. The predicted molar refractivity (Wildman–Crippen MR) is 71.1 cm³/mol.